The van der Waals surface area contributed by atoms with Gasteiger partial charge in [-0.1, -0.05) is 5.11 Å². The van der Waals surface area contributed by atoms with Gasteiger partial charge in [-0.15, -0.1) is 0 Å². The van der Waals surface area contributed by atoms with Crippen molar-refractivity contribution < 1.29 is 22.1 Å². The van der Waals surface area contributed by atoms with Crippen molar-refractivity contribution in [2.75, 3.05) is 19.4 Å². The number of ether oxygens (including phenoxy) is 1. The SMILES string of the molecule is CC(C)(C)OC(=O)N1CC(N=[N+]=[N-])C[C@@H]1COS(C)(=O)=O. The van der Waals surface area contributed by atoms with Gasteiger partial charge in [0.15, 0.2) is 0 Å². The molecule has 0 aromatic carbocycles. The molecule has 2 atom stereocenters. The maximum Gasteiger partial charge on any atom is 0.410 e. The molecule has 21 heavy (non-hydrogen) atoms. The van der Waals surface area contributed by atoms with Crippen molar-refractivity contribution in [1.29, 1.82) is 0 Å². The first-order valence-corrected chi connectivity index (χ1v) is 8.22. The lowest BCUT2D eigenvalue weighted by atomic mass is 10.2. The number of rotatable bonds is 4. The zero-order valence-electron chi connectivity index (χ0n) is 12.5. The van der Waals surface area contributed by atoms with E-state index in [0.717, 1.165) is 6.26 Å². The van der Waals surface area contributed by atoms with Gasteiger partial charge in [0.05, 0.1) is 24.9 Å². The molecule has 9 nitrogen and oxygen atoms in total. The van der Waals surface area contributed by atoms with E-state index in [0.29, 0.717) is 6.42 Å². The van der Waals surface area contributed by atoms with Gasteiger partial charge in [-0.2, -0.15) is 8.42 Å². The normalized spacial score (nSPS) is 22.8. The Labute approximate surface area is 123 Å². The summed E-state index contributed by atoms with van der Waals surface area (Å²) in [4.78, 5) is 16.2. The Morgan fingerprint density at radius 2 is 2.10 bits per heavy atom. The molecule has 1 saturated heterocycles. The van der Waals surface area contributed by atoms with Crippen molar-refractivity contribution in [2.24, 2.45) is 5.11 Å². The Morgan fingerprint density at radius 3 is 2.57 bits per heavy atom. The third-order valence-corrected chi connectivity index (χ3v) is 3.27. The molecule has 1 aliphatic rings. The molecule has 0 aromatic heterocycles. The van der Waals surface area contributed by atoms with Crippen LogP contribution in [0.2, 0.25) is 0 Å². The first kappa shape index (κ1) is 17.5. The first-order chi connectivity index (χ1) is 9.52. The van der Waals surface area contributed by atoms with E-state index in [9.17, 15) is 13.2 Å². The Bertz CT molecular complexity index is 535. The minimum absolute atomic E-state index is 0.177. The molecule has 1 unspecified atom stereocenters. The van der Waals surface area contributed by atoms with Crippen LogP contribution >= 0.6 is 0 Å². The molecule has 0 spiro atoms. The van der Waals surface area contributed by atoms with Crippen molar-refractivity contribution in [2.45, 2.75) is 44.9 Å². The fourth-order valence-electron chi connectivity index (χ4n) is 1.95. The summed E-state index contributed by atoms with van der Waals surface area (Å²) in [5, 5.41) is 3.57. The molecule has 0 aromatic rings. The summed E-state index contributed by atoms with van der Waals surface area (Å²) in [7, 11) is -3.61. The van der Waals surface area contributed by atoms with Gasteiger partial charge in [0.2, 0.25) is 0 Å². The van der Waals surface area contributed by atoms with E-state index in [1.807, 2.05) is 0 Å². The van der Waals surface area contributed by atoms with Gasteiger partial charge in [-0.25, -0.2) is 4.79 Å². The third-order valence-electron chi connectivity index (χ3n) is 2.71. The van der Waals surface area contributed by atoms with E-state index in [1.165, 1.54) is 4.90 Å². The van der Waals surface area contributed by atoms with Gasteiger partial charge in [0, 0.05) is 11.5 Å². The Morgan fingerprint density at radius 1 is 1.48 bits per heavy atom. The van der Waals surface area contributed by atoms with Crippen molar-refractivity contribution in [3.8, 4) is 0 Å². The van der Waals surface area contributed by atoms with Crippen molar-refractivity contribution in [3.63, 3.8) is 0 Å². The number of nitrogens with zero attached hydrogens (tertiary/aromatic N) is 4. The molecule has 120 valence electrons. The number of carbonyl (C=O) groups excluding carboxylic acids is 1. The predicted molar refractivity (Wildman–Crippen MR) is 75.1 cm³/mol. The summed E-state index contributed by atoms with van der Waals surface area (Å²) in [6, 6.07) is -0.930. The molecule has 10 heteroatoms. The second-order valence-electron chi connectivity index (χ2n) is 5.87. The monoisotopic (exact) mass is 320 g/mol. The van der Waals surface area contributed by atoms with Crippen LogP contribution in [-0.2, 0) is 19.0 Å². The highest BCUT2D eigenvalue weighted by Crippen LogP contribution is 2.24. The minimum Gasteiger partial charge on any atom is -0.444 e. The van der Waals surface area contributed by atoms with Crippen LogP contribution in [0.1, 0.15) is 27.2 Å². The Balaban J connectivity index is 2.80. The van der Waals surface area contributed by atoms with Crippen molar-refractivity contribution >= 4 is 16.2 Å². The predicted octanol–water partition coefficient (Wildman–Crippen LogP) is 1.65. The maximum absolute atomic E-state index is 12.1. The lowest BCUT2D eigenvalue weighted by molar-refractivity contribution is 0.0188. The molecule has 0 bridgehead atoms. The molecule has 0 aliphatic carbocycles. The molecule has 1 heterocycles. The second-order valence-corrected chi connectivity index (χ2v) is 7.51. The zero-order valence-corrected chi connectivity index (χ0v) is 13.3. The third kappa shape index (κ3) is 6.19. The van der Waals surface area contributed by atoms with E-state index < -0.39 is 33.9 Å². The van der Waals surface area contributed by atoms with Crippen molar-refractivity contribution in [3.05, 3.63) is 10.4 Å². The lowest BCUT2D eigenvalue weighted by Crippen LogP contribution is -2.42. The van der Waals surface area contributed by atoms with Crippen LogP contribution in [0.25, 0.3) is 10.4 Å². The van der Waals surface area contributed by atoms with Crippen LogP contribution in [0.15, 0.2) is 5.11 Å². The van der Waals surface area contributed by atoms with E-state index in [2.05, 4.69) is 10.0 Å². The first-order valence-electron chi connectivity index (χ1n) is 6.40. The highest BCUT2D eigenvalue weighted by molar-refractivity contribution is 7.85. The van der Waals surface area contributed by atoms with Gasteiger partial charge < -0.3 is 9.64 Å². The summed E-state index contributed by atoms with van der Waals surface area (Å²) >= 11 is 0. The van der Waals surface area contributed by atoms with E-state index in [1.54, 1.807) is 20.8 Å². The van der Waals surface area contributed by atoms with Gasteiger partial charge in [0.25, 0.3) is 10.1 Å². The summed E-state index contributed by atoms with van der Waals surface area (Å²) in [6.45, 7) is 5.18. The molecule has 1 fully saturated rings. The molecular formula is C11H20N4O5S. The second kappa shape index (κ2) is 6.50. The number of amides is 1. The average Bonchev–Trinajstić information content (AvgIpc) is 2.67. The lowest BCUT2D eigenvalue weighted by Gasteiger charge is -2.28. The van der Waals surface area contributed by atoms with Crippen LogP contribution in [0.4, 0.5) is 4.79 Å². The smallest absolute Gasteiger partial charge is 0.410 e. The quantitative estimate of drug-likeness (QED) is 0.337. The van der Waals surface area contributed by atoms with Gasteiger partial charge >= 0.3 is 6.09 Å². The highest BCUT2D eigenvalue weighted by Gasteiger charge is 2.37. The van der Waals surface area contributed by atoms with Crippen molar-refractivity contribution in [1.82, 2.24) is 4.90 Å². The van der Waals surface area contributed by atoms with Crippen LogP contribution in [0.3, 0.4) is 0 Å². The fourth-order valence-corrected chi connectivity index (χ4v) is 2.36. The molecule has 1 rings (SSSR count). The Hall–Kier alpha value is -1.51. The Kier molecular flexibility index (Phi) is 5.43. The van der Waals surface area contributed by atoms with Crippen LogP contribution < -0.4 is 0 Å². The number of likely N-dealkylation sites (tertiary alicyclic amines) is 1. The molecule has 1 amide bonds. The zero-order chi connectivity index (χ0) is 16.3. The standard InChI is InChI=1S/C11H20N4O5S/c1-11(2,3)20-10(16)15-6-8(13-14-12)5-9(15)7-19-21(4,17)18/h8-9H,5-7H2,1-4H3/t8?,9-/m1/s1. The number of hydrogen-bond donors (Lipinski definition) is 0. The van der Waals surface area contributed by atoms with Gasteiger partial charge in [0.1, 0.15) is 5.60 Å². The molecular weight excluding hydrogens is 300 g/mol. The largest absolute Gasteiger partial charge is 0.444 e. The topological polar surface area (TPSA) is 122 Å². The van der Waals surface area contributed by atoms with Gasteiger partial charge in [-0.3, -0.25) is 4.18 Å². The highest BCUT2D eigenvalue weighted by atomic mass is 32.2. The minimum atomic E-state index is -3.61. The van der Waals surface area contributed by atoms with E-state index in [-0.39, 0.29) is 13.2 Å². The van der Waals surface area contributed by atoms with Gasteiger partial charge in [-0.05, 0) is 32.7 Å². The maximum atomic E-state index is 12.1. The number of carbonyl (C=O) groups is 1. The summed E-state index contributed by atoms with van der Waals surface area (Å²) in [5.41, 5.74) is 7.81. The molecule has 0 N–H and O–H groups in total. The number of hydrogen-bond acceptors (Lipinski definition) is 6. The molecule has 0 saturated carbocycles. The summed E-state index contributed by atoms with van der Waals surface area (Å²) in [6.07, 6.45) is 0.684. The average molecular weight is 320 g/mol. The van der Waals surface area contributed by atoms with Crippen LogP contribution in [-0.4, -0.2) is 56.5 Å². The molecule has 0 radical (unpaired) electrons. The van der Waals surface area contributed by atoms with E-state index in [4.69, 9.17) is 14.5 Å². The summed E-state index contributed by atoms with van der Waals surface area (Å²) < 4.78 is 32.1. The van der Waals surface area contributed by atoms with Crippen LogP contribution in [0, 0.1) is 0 Å². The summed E-state index contributed by atoms with van der Waals surface area (Å²) in [5.74, 6) is 0. The van der Waals surface area contributed by atoms with E-state index >= 15 is 0 Å². The molecule has 1 aliphatic heterocycles. The fraction of sp³-hybridized carbons (Fsp3) is 0.909. The van der Waals surface area contributed by atoms with Crippen LogP contribution in [0.5, 0.6) is 0 Å². The number of azide groups is 1.